The monoisotopic (exact) mass is 187 g/mol. The van der Waals surface area contributed by atoms with Crippen molar-refractivity contribution in [3.8, 4) is 6.07 Å². The van der Waals surface area contributed by atoms with Crippen molar-refractivity contribution in [1.29, 1.82) is 5.26 Å². The molecule has 1 aliphatic rings. The van der Waals surface area contributed by atoms with Crippen LogP contribution in [0, 0.1) is 16.7 Å². The first-order valence-corrected chi connectivity index (χ1v) is 4.42. The summed E-state index contributed by atoms with van der Waals surface area (Å²) in [5.74, 6) is 0. The van der Waals surface area contributed by atoms with Gasteiger partial charge in [-0.25, -0.2) is 0 Å². The van der Waals surface area contributed by atoms with Gasteiger partial charge in [-0.15, -0.1) is 0 Å². The van der Waals surface area contributed by atoms with Gasteiger partial charge < -0.3 is 0 Å². The Kier molecular flexibility index (Phi) is 2.13. The zero-order chi connectivity index (χ0) is 6.74. The van der Waals surface area contributed by atoms with Crippen LogP contribution in [0.1, 0.15) is 25.7 Å². The van der Waals surface area contributed by atoms with Crippen molar-refractivity contribution in [2.24, 2.45) is 5.41 Å². The number of nitrogens with zero attached hydrogens (tertiary/aromatic N) is 1. The van der Waals surface area contributed by atoms with E-state index in [2.05, 4.69) is 22.0 Å². The second kappa shape index (κ2) is 2.70. The van der Waals surface area contributed by atoms with Crippen molar-refractivity contribution >= 4 is 15.9 Å². The first kappa shape index (κ1) is 7.08. The molecule has 1 nitrogen and oxygen atoms in total. The van der Waals surface area contributed by atoms with Crippen LogP contribution in [-0.4, -0.2) is 5.33 Å². The lowest BCUT2D eigenvalue weighted by molar-refractivity contribution is 0.476. The SMILES string of the molecule is N#CC1(CBr)CCCC1. The molecule has 0 unspecified atom stereocenters. The average molecular weight is 188 g/mol. The normalized spacial score (nSPS) is 23.6. The molecule has 1 aliphatic carbocycles. The molecule has 0 bridgehead atoms. The maximum atomic E-state index is 8.74. The zero-order valence-electron chi connectivity index (χ0n) is 5.36. The molecule has 1 rings (SSSR count). The quantitative estimate of drug-likeness (QED) is 0.580. The number of nitriles is 1. The zero-order valence-corrected chi connectivity index (χ0v) is 6.95. The maximum absolute atomic E-state index is 8.74. The van der Waals surface area contributed by atoms with Crippen molar-refractivity contribution < 1.29 is 0 Å². The first-order valence-electron chi connectivity index (χ1n) is 3.30. The molecule has 50 valence electrons. The van der Waals surface area contributed by atoms with Gasteiger partial charge in [0.1, 0.15) is 0 Å². The number of hydrogen-bond acceptors (Lipinski definition) is 1. The van der Waals surface area contributed by atoms with Gasteiger partial charge in [-0.1, -0.05) is 28.8 Å². The van der Waals surface area contributed by atoms with E-state index in [1.807, 2.05) is 0 Å². The summed E-state index contributed by atoms with van der Waals surface area (Å²) in [5.41, 5.74) is 0.000000000000000222. The van der Waals surface area contributed by atoms with Crippen molar-refractivity contribution in [3.05, 3.63) is 0 Å². The smallest absolute Gasteiger partial charge is 0.0698 e. The molecule has 0 aromatic rings. The molecule has 0 atom stereocenters. The van der Waals surface area contributed by atoms with Gasteiger partial charge in [0.25, 0.3) is 0 Å². The maximum Gasteiger partial charge on any atom is 0.0698 e. The van der Waals surface area contributed by atoms with Gasteiger partial charge in [-0.3, -0.25) is 0 Å². The summed E-state index contributed by atoms with van der Waals surface area (Å²) in [6.07, 6.45) is 4.65. The van der Waals surface area contributed by atoms with E-state index in [1.165, 1.54) is 12.8 Å². The molecule has 0 radical (unpaired) electrons. The van der Waals surface area contributed by atoms with E-state index in [-0.39, 0.29) is 5.41 Å². The number of halogens is 1. The van der Waals surface area contributed by atoms with E-state index in [9.17, 15) is 0 Å². The molecule has 0 aromatic carbocycles. The minimum atomic E-state index is 0.000000000000000222. The molecule has 2 heteroatoms. The van der Waals surface area contributed by atoms with E-state index < -0.39 is 0 Å². The van der Waals surface area contributed by atoms with E-state index >= 15 is 0 Å². The van der Waals surface area contributed by atoms with Crippen LogP contribution >= 0.6 is 15.9 Å². The summed E-state index contributed by atoms with van der Waals surface area (Å²) in [5, 5.41) is 9.59. The fourth-order valence-corrected chi connectivity index (χ4v) is 2.01. The highest BCUT2D eigenvalue weighted by atomic mass is 79.9. The highest BCUT2D eigenvalue weighted by Crippen LogP contribution is 2.38. The van der Waals surface area contributed by atoms with Gasteiger partial charge >= 0.3 is 0 Å². The summed E-state index contributed by atoms with van der Waals surface area (Å²) in [6, 6.07) is 2.38. The summed E-state index contributed by atoms with van der Waals surface area (Å²) >= 11 is 3.37. The fourth-order valence-electron chi connectivity index (χ4n) is 1.33. The Morgan fingerprint density at radius 3 is 2.22 bits per heavy atom. The molecule has 0 aliphatic heterocycles. The lowest BCUT2D eigenvalue weighted by atomic mass is 9.91. The topological polar surface area (TPSA) is 23.8 Å². The third kappa shape index (κ3) is 1.27. The summed E-state index contributed by atoms with van der Waals surface area (Å²) in [6.45, 7) is 0. The predicted molar refractivity (Wildman–Crippen MR) is 40.3 cm³/mol. The third-order valence-electron chi connectivity index (χ3n) is 2.05. The molecular formula is C7H10BrN. The lowest BCUT2D eigenvalue weighted by Gasteiger charge is -2.14. The van der Waals surface area contributed by atoms with E-state index in [0.29, 0.717) is 0 Å². The van der Waals surface area contributed by atoms with Gasteiger partial charge in [0, 0.05) is 5.33 Å². The molecule has 0 N–H and O–H groups in total. The lowest BCUT2D eigenvalue weighted by Crippen LogP contribution is -2.14. The molecule has 1 saturated carbocycles. The van der Waals surface area contributed by atoms with Crippen LogP contribution in [0.15, 0.2) is 0 Å². The Balaban J connectivity index is 2.59. The molecular weight excluding hydrogens is 178 g/mol. The third-order valence-corrected chi connectivity index (χ3v) is 3.13. The second-order valence-electron chi connectivity index (χ2n) is 2.73. The molecule has 1 fully saturated rings. The predicted octanol–water partition coefficient (Wildman–Crippen LogP) is 2.47. The van der Waals surface area contributed by atoms with E-state index in [4.69, 9.17) is 5.26 Å². The molecule has 0 heterocycles. The van der Waals surface area contributed by atoms with E-state index in [0.717, 1.165) is 18.2 Å². The molecule has 0 amide bonds. The summed E-state index contributed by atoms with van der Waals surface area (Å²) in [4.78, 5) is 0. The van der Waals surface area contributed by atoms with Crippen LogP contribution in [0.25, 0.3) is 0 Å². The van der Waals surface area contributed by atoms with Gasteiger partial charge in [-0.05, 0) is 12.8 Å². The van der Waals surface area contributed by atoms with Crippen LogP contribution in [0.2, 0.25) is 0 Å². The van der Waals surface area contributed by atoms with Gasteiger partial charge in [0.2, 0.25) is 0 Å². The second-order valence-corrected chi connectivity index (χ2v) is 3.29. The standard InChI is InChI=1S/C7H10BrN/c8-5-7(6-9)3-1-2-4-7/h1-5H2. The first-order chi connectivity index (χ1) is 4.33. The van der Waals surface area contributed by atoms with Gasteiger partial charge in [-0.2, -0.15) is 5.26 Å². The van der Waals surface area contributed by atoms with Crippen molar-refractivity contribution in [2.45, 2.75) is 25.7 Å². The molecule has 0 aromatic heterocycles. The highest BCUT2D eigenvalue weighted by Gasteiger charge is 2.32. The van der Waals surface area contributed by atoms with Crippen molar-refractivity contribution in [1.82, 2.24) is 0 Å². The Morgan fingerprint density at radius 1 is 1.44 bits per heavy atom. The van der Waals surface area contributed by atoms with Crippen LogP contribution < -0.4 is 0 Å². The molecule has 0 saturated heterocycles. The minimum absolute atomic E-state index is 0.000000000000000222. The average Bonchev–Trinajstić information content (AvgIpc) is 2.36. The van der Waals surface area contributed by atoms with Crippen molar-refractivity contribution in [3.63, 3.8) is 0 Å². The van der Waals surface area contributed by atoms with Crippen molar-refractivity contribution in [2.75, 3.05) is 5.33 Å². The largest absolute Gasteiger partial charge is 0.198 e. The Bertz CT molecular complexity index is 130. The number of alkyl halides is 1. The molecule has 0 spiro atoms. The van der Waals surface area contributed by atoms with Gasteiger partial charge in [0.05, 0.1) is 11.5 Å². The number of hydrogen-bond donors (Lipinski definition) is 0. The minimum Gasteiger partial charge on any atom is -0.198 e. The van der Waals surface area contributed by atoms with Gasteiger partial charge in [0.15, 0.2) is 0 Å². The highest BCUT2D eigenvalue weighted by molar-refractivity contribution is 9.09. The Morgan fingerprint density at radius 2 is 2.00 bits per heavy atom. The summed E-state index contributed by atoms with van der Waals surface area (Å²) < 4.78 is 0. The van der Waals surface area contributed by atoms with Crippen LogP contribution in [0.5, 0.6) is 0 Å². The van der Waals surface area contributed by atoms with Crippen LogP contribution in [0.4, 0.5) is 0 Å². The number of rotatable bonds is 1. The van der Waals surface area contributed by atoms with E-state index in [1.54, 1.807) is 0 Å². The Labute approximate surface area is 64.2 Å². The van der Waals surface area contributed by atoms with Crippen LogP contribution in [0.3, 0.4) is 0 Å². The summed E-state index contributed by atoms with van der Waals surface area (Å²) in [7, 11) is 0. The Hall–Kier alpha value is -0.0300. The fraction of sp³-hybridized carbons (Fsp3) is 0.857. The molecule has 9 heavy (non-hydrogen) atoms. The van der Waals surface area contributed by atoms with Crippen LogP contribution in [-0.2, 0) is 0 Å².